The molecular weight excluding hydrogens is 362 g/mol. The minimum atomic E-state index is -1.35. The lowest BCUT2D eigenvalue weighted by atomic mass is 9.89. The molecule has 1 amide bonds. The highest BCUT2D eigenvalue weighted by molar-refractivity contribution is 6.32. The lowest BCUT2D eigenvalue weighted by molar-refractivity contribution is -0.148. The highest BCUT2D eigenvalue weighted by atomic mass is 35.5. The summed E-state index contributed by atoms with van der Waals surface area (Å²) in [5.74, 6) is -0.644. The minimum Gasteiger partial charge on any atom is -0.493 e. The zero-order chi connectivity index (χ0) is 19.3. The molecular formula is C18H24ClNO6. The Hall–Kier alpha value is -1.99. The first-order chi connectivity index (χ1) is 12.3. The Labute approximate surface area is 157 Å². The van der Waals surface area contributed by atoms with Crippen LogP contribution in [0.5, 0.6) is 11.5 Å². The Morgan fingerprint density at radius 1 is 1.35 bits per heavy atom. The molecule has 2 N–H and O–H groups in total. The monoisotopic (exact) mass is 385 g/mol. The van der Waals surface area contributed by atoms with Gasteiger partial charge in [-0.05, 0) is 18.1 Å². The molecule has 0 aromatic heterocycles. The van der Waals surface area contributed by atoms with Crippen LogP contribution in [0.4, 0.5) is 0 Å². The molecule has 8 heteroatoms. The molecule has 1 saturated heterocycles. The van der Waals surface area contributed by atoms with Crippen molar-refractivity contribution in [1.29, 1.82) is 0 Å². The molecule has 0 atom stereocenters. The van der Waals surface area contributed by atoms with E-state index < -0.39 is 17.4 Å². The number of hydrogen-bond acceptors (Lipinski definition) is 5. The summed E-state index contributed by atoms with van der Waals surface area (Å²) in [5.41, 5.74) is -1.14. The smallest absolute Gasteiger partial charge is 0.329 e. The molecule has 0 unspecified atom stereocenters. The van der Waals surface area contributed by atoms with Gasteiger partial charge < -0.3 is 24.6 Å². The van der Waals surface area contributed by atoms with Crippen molar-refractivity contribution >= 4 is 23.5 Å². The summed E-state index contributed by atoms with van der Waals surface area (Å²) in [4.78, 5) is 24.3. The fraction of sp³-hybridized carbons (Fsp3) is 0.556. The van der Waals surface area contributed by atoms with Gasteiger partial charge in [-0.25, -0.2) is 4.79 Å². The minimum absolute atomic E-state index is 0.203. The number of ether oxygens (including phenoxy) is 3. The molecule has 7 nitrogen and oxygen atoms in total. The lowest BCUT2D eigenvalue weighted by Gasteiger charge is -2.33. The van der Waals surface area contributed by atoms with Crippen LogP contribution >= 0.6 is 11.6 Å². The van der Waals surface area contributed by atoms with E-state index >= 15 is 0 Å². The number of hydrogen-bond donors (Lipinski definition) is 2. The molecule has 1 aliphatic rings. The number of methoxy groups -OCH3 is 1. The van der Waals surface area contributed by atoms with Crippen LogP contribution in [0.2, 0.25) is 5.02 Å². The van der Waals surface area contributed by atoms with Crippen LogP contribution in [-0.2, 0) is 9.53 Å². The van der Waals surface area contributed by atoms with E-state index in [0.29, 0.717) is 24.0 Å². The second-order valence-electron chi connectivity index (χ2n) is 6.65. The van der Waals surface area contributed by atoms with Crippen molar-refractivity contribution < 1.29 is 28.9 Å². The average Bonchev–Trinajstić information content (AvgIpc) is 2.60. The van der Waals surface area contributed by atoms with Gasteiger partial charge in [-0.1, -0.05) is 25.4 Å². The van der Waals surface area contributed by atoms with Gasteiger partial charge in [0.2, 0.25) is 0 Å². The molecule has 0 radical (unpaired) electrons. The third-order valence-corrected chi connectivity index (χ3v) is 4.44. The van der Waals surface area contributed by atoms with E-state index in [0.717, 1.165) is 0 Å². The standard InChI is InChI=1S/C18H24ClNO6/c1-11(2)10-26-15-13(19)8-12(9-14(15)24-3)16(21)20-18(17(22)23)4-6-25-7-5-18/h8-9,11H,4-7,10H2,1-3H3,(H,20,21)(H,22,23). The maximum atomic E-state index is 12.7. The van der Waals surface area contributed by atoms with Gasteiger partial charge in [-0.2, -0.15) is 0 Å². The van der Waals surface area contributed by atoms with E-state index in [4.69, 9.17) is 25.8 Å². The van der Waals surface area contributed by atoms with Crippen LogP contribution in [0.3, 0.4) is 0 Å². The number of halogens is 1. The van der Waals surface area contributed by atoms with Gasteiger partial charge in [-0.15, -0.1) is 0 Å². The fourth-order valence-electron chi connectivity index (χ4n) is 2.64. The van der Waals surface area contributed by atoms with Crippen molar-refractivity contribution in [3.8, 4) is 11.5 Å². The highest BCUT2D eigenvalue weighted by Gasteiger charge is 2.41. The maximum absolute atomic E-state index is 12.7. The van der Waals surface area contributed by atoms with Crippen LogP contribution in [-0.4, -0.2) is 49.5 Å². The predicted molar refractivity (Wildman–Crippen MR) is 96.2 cm³/mol. The molecule has 1 heterocycles. The van der Waals surface area contributed by atoms with Crippen LogP contribution in [0.25, 0.3) is 0 Å². The fourth-order valence-corrected chi connectivity index (χ4v) is 2.91. The zero-order valence-corrected chi connectivity index (χ0v) is 15.9. The molecule has 26 heavy (non-hydrogen) atoms. The van der Waals surface area contributed by atoms with E-state index in [2.05, 4.69) is 5.32 Å². The van der Waals surface area contributed by atoms with E-state index in [1.54, 1.807) is 0 Å². The highest BCUT2D eigenvalue weighted by Crippen LogP contribution is 2.37. The number of carbonyl (C=O) groups excluding carboxylic acids is 1. The number of aliphatic carboxylic acids is 1. The number of carboxylic acid groups (broad SMARTS) is 1. The van der Waals surface area contributed by atoms with E-state index in [1.165, 1.54) is 19.2 Å². The summed E-state index contributed by atoms with van der Waals surface area (Å²) >= 11 is 6.26. The van der Waals surface area contributed by atoms with Gasteiger partial charge >= 0.3 is 5.97 Å². The second-order valence-corrected chi connectivity index (χ2v) is 7.06. The molecule has 0 bridgehead atoms. The Morgan fingerprint density at radius 2 is 2.00 bits per heavy atom. The Morgan fingerprint density at radius 3 is 2.54 bits per heavy atom. The van der Waals surface area contributed by atoms with Crippen LogP contribution in [0, 0.1) is 5.92 Å². The SMILES string of the molecule is COc1cc(C(=O)NC2(C(=O)O)CCOCC2)cc(Cl)c1OCC(C)C. The quantitative estimate of drug-likeness (QED) is 0.749. The normalized spacial score (nSPS) is 16.2. The third kappa shape index (κ3) is 4.59. The van der Waals surface area contributed by atoms with Gasteiger partial charge in [0.1, 0.15) is 5.54 Å². The van der Waals surface area contributed by atoms with Gasteiger partial charge in [0.05, 0.1) is 18.7 Å². The van der Waals surface area contributed by atoms with Gasteiger partial charge in [0, 0.05) is 31.6 Å². The molecule has 144 valence electrons. The third-order valence-electron chi connectivity index (χ3n) is 4.16. The first kappa shape index (κ1) is 20.3. The largest absolute Gasteiger partial charge is 0.493 e. The van der Waals surface area contributed by atoms with Gasteiger partial charge in [-0.3, -0.25) is 4.79 Å². The Balaban J connectivity index is 2.25. The number of amides is 1. The summed E-state index contributed by atoms with van der Waals surface area (Å²) in [5, 5.41) is 12.4. The molecule has 1 aromatic carbocycles. The lowest BCUT2D eigenvalue weighted by Crippen LogP contribution is -2.57. The predicted octanol–water partition coefficient (Wildman–Crippen LogP) is 2.75. The summed E-state index contributed by atoms with van der Waals surface area (Å²) in [6.07, 6.45) is 0.406. The molecule has 1 aromatic rings. The van der Waals surface area contributed by atoms with Gasteiger partial charge in [0.15, 0.2) is 11.5 Å². The van der Waals surface area contributed by atoms with E-state index in [1.807, 2.05) is 13.8 Å². The topological polar surface area (TPSA) is 94.1 Å². The summed E-state index contributed by atoms with van der Waals surface area (Å²) in [6, 6.07) is 2.94. The molecule has 2 rings (SSSR count). The van der Waals surface area contributed by atoms with Crippen molar-refractivity contribution in [1.82, 2.24) is 5.32 Å². The molecule has 1 aliphatic heterocycles. The zero-order valence-electron chi connectivity index (χ0n) is 15.1. The van der Waals surface area contributed by atoms with Gasteiger partial charge in [0.25, 0.3) is 5.91 Å². The van der Waals surface area contributed by atoms with Crippen LogP contribution in [0.1, 0.15) is 37.0 Å². The van der Waals surface area contributed by atoms with Crippen molar-refractivity contribution in [3.63, 3.8) is 0 Å². The van der Waals surface area contributed by atoms with E-state index in [9.17, 15) is 14.7 Å². The van der Waals surface area contributed by atoms with Crippen molar-refractivity contribution in [3.05, 3.63) is 22.7 Å². The van der Waals surface area contributed by atoms with Crippen molar-refractivity contribution in [2.24, 2.45) is 5.92 Å². The Bertz CT molecular complexity index is 670. The van der Waals surface area contributed by atoms with Crippen molar-refractivity contribution in [2.45, 2.75) is 32.2 Å². The first-order valence-electron chi connectivity index (χ1n) is 8.43. The molecule has 1 fully saturated rings. The average molecular weight is 386 g/mol. The number of carboxylic acids is 1. The second kappa shape index (κ2) is 8.60. The number of benzene rings is 1. The molecule has 0 saturated carbocycles. The first-order valence-corrected chi connectivity index (χ1v) is 8.81. The van der Waals surface area contributed by atoms with E-state index in [-0.39, 0.29) is 36.6 Å². The number of nitrogens with one attached hydrogen (secondary N) is 1. The number of carbonyl (C=O) groups is 2. The maximum Gasteiger partial charge on any atom is 0.329 e. The van der Waals surface area contributed by atoms with Crippen LogP contribution < -0.4 is 14.8 Å². The molecule has 0 spiro atoms. The van der Waals surface area contributed by atoms with Crippen molar-refractivity contribution in [2.75, 3.05) is 26.9 Å². The Kier molecular flexibility index (Phi) is 6.72. The summed E-state index contributed by atoms with van der Waals surface area (Å²) < 4.78 is 16.2. The molecule has 0 aliphatic carbocycles. The summed E-state index contributed by atoms with van der Waals surface area (Å²) in [6.45, 7) is 5.00. The van der Waals surface area contributed by atoms with Crippen LogP contribution in [0.15, 0.2) is 12.1 Å². The number of rotatable bonds is 7. The summed E-state index contributed by atoms with van der Waals surface area (Å²) in [7, 11) is 1.45.